The van der Waals surface area contributed by atoms with Gasteiger partial charge in [0.25, 0.3) is 0 Å². The molecule has 4 nitrogen and oxygen atoms in total. The van der Waals surface area contributed by atoms with Crippen molar-refractivity contribution in [1.29, 1.82) is 0 Å². The third kappa shape index (κ3) is 4.27. The van der Waals surface area contributed by atoms with Crippen molar-refractivity contribution in [2.45, 2.75) is 50.2 Å². The lowest BCUT2D eigenvalue weighted by Gasteiger charge is -2.35. The van der Waals surface area contributed by atoms with Crippen molar-refractivity contribution < 1.29 is 27.5 Å². The second-order valence-electron chi connectivity index (χ2n) is 6.06. The molecule has 1 aliphatic rings. The standard InChI is InChI=1S/C17H20F3NO3/c1-24-15(23)16(8-3-2-4-9-16)21-14(22)11-12-6-5-7-13(10-12)17(18,19)20/h5-7,10H,2-4,8-9,11H2,1H3,(H,21,22). The van der Waals surface area contributed by atoms with Crippen molar-refractivity contribution in [1.82, 2.24) is 5.32 Å². The van der Waals surface area contributed by atoms with Crippen molar-refractivity contribution in [3.8, 4) is 0 Å². The summed E-state index contributed by atoms with van der Waals surface area (Å²) in [5, 5.41) is 2.70. The van der Waals surface area contributed by atoms with Crippen LogP contribution in [0.1, 0.15) is 43.2 Å². The number of carbonyl (C=O) groups excluding carboxylic acids is 2. The SMILES string of the molecule is COC(=O)C1(NC(=O)Cc2cccc(C(F)(F)F)c2)CCCCC1. The number of hydrogen-bond acceptors (Lipinski definition) is 3. The number of methoxy groups -OCH3 is 1. The summed E-state index contributed by atoms with van der Waals surface area (Å²) in [4.78, 5) is 24.3. The van der Waals surface area contributed by atoms with E-state index >= 15 is 0 Å². The van der Waals surface area contributed by atoms with Gasteiger partial charge >= 0.3 is 12.1 Å². The van der Waals surface area contributed by atoms with E-state index < -0.39 is 29.2 Å². The van der Waals surface area contributed by atoms with Crippen LogP contribution in [-0.2, 0) is 26.9 Å². The number of rotatable bonds is 4. The smallest absolute Gasteiger partial charge is 0.416 e. The van der Waals surface area contributed by atoms with Crippen molar-refractivity contribution in [2.75, 3.05) is 7.11 Å². The third-order valence-corrected chi connectivity index (χ3v) is 4.28. The van der Waals surface area contributed by atoms with Gasteiger partial charge in [0.05, 0.1) is 19.1 Å². The number of nitrogens with one attached hydrogen (secondary N) is 1. The predicted octanol–water partition coefficient (Wildman–Crippen LogP) is 3.24. The van der Waals surface area contributed by atoms with Gasteiger partial charge in [-0.3, -0.25) is 4.79 Å². The summed E-state index contributed by atoms with van der Waals surface area (Å²) >= 11 is 0. The highest BCUT2D eigenvalue weighted by Gasteiger charge is 2.41. The summed E-state index contributed by atoms with van der Waals surface area (Å²) in [5.41, 5.74) is -1.61. The number of benzene rings is 1. The second-order valence-corrected chi connectivity index (χ2v) is 6.06. The number of esters is 1. The molecule has 1 aliphatic carbocycles. The van der Waals surface area contributed by atoms with E-state index in [0.29, 0.717) is 12.8 Å². The zero-order valence-corrected chi connectivity index (χ0v) is 13.4. The van der Waals surface area contributed by atoms with Crippen molar-refractivity contribution >= 4 is 11.9 Å². The number of amides is 1. The second kappa shape index (κ2) is 7.23. The fraction of sp³-hybridized carbons (Fsp3) is 0.529. The van der Waals surface area contributed by atoms with Gasteiger partial charge in [0, 0.05) is 0 Å². The van der Waals surface area contributed by atoms with Crippen LogP contribution in [0.25, 0.3) is 0 Å². The number of carbonyl (C=O) groups is 2. The van der Waals surface area contributed by atoms with E-state index in [9.17, 15) is 22.8 Å². The van der Waals surface area contributed by atoms with Crippen molar-refractivity contribution in [3.05, 3.63) is 35.4 Å². The van der Waals surface area contributed by atoms with Crippen LogP contribution in [-0.4, -0.2) is 24.5 Å². The van der Waals surface area contributed by atoms with Gasteiger partial charge in [-0.2, -0.15) is 13.2 Å². The Balaban J connectivity index is 2.10. The summed E-state index contributed by atoms with van der Waals surface area (Å²) in [7, 11) is 1.26. The van der Waals surface area contributed by atoms with Gasteiger partial charge in [-0.05, 0) is 24.5 Å². The first-order chi connectivity index (χ1) is 11.3. The lowest BCUT2D eigenvalue weighted by atomic mass is 9.81. The van der Waals surface area contributed by atoms with E-state index in [1.165, 1.54) is 19.2 Å². The molecule has 0 spiro atoms. The van der Waals surface area contributed by atoms with E-state index in [1.807, 2.05) is 0 Å². The van der Waals surface area contributed by atoms with Crippen LogP contribution in [0.3, 0.4) is 0 Å². The van der Waals surface area contributed by atoms with Crippen LogP contribution in [0.15, 0.2) is 24.3 Å². The highest BCUT2D eigenvalue weighted by molar-refractivity contribution is 5.89. The van der Waals surface area contributed by atoms with Gasteiger partial charge in [0.2, 0.25) is 5.91 Å². The predicted molar refractivity (Wildman–Crippen MR) is 81.1 cm³/mol. The van der Waals surface area contributed by atoms with Crippen LogP contribution in [0, 0.1) is 0 Å². The molecular formula is C17H20F3NO3. The molecule has 0 unspecified atom stereocenters. The summed E-state index contributed by atoms with van der Waals surface area (Å²) < 4.78 is 43.0. The molecule has 1 N–H and O–H groups in total. The van der Waals surface area contributed by atoms with E-state index in [-0.39, 0.29) is 12.0 Å². The van der Waals surface area contributed by atoms with Crippen LogP contribution < -0.4 is 5.32 Å². The summed E-state index contributed by atoms with van der Waals surface area (Å²) in [6.45, 7) is 0. The first-order valence-electron chi connectivity index (χ1n) is 7.82. The highest BCUT2D eigenvalue weighted by Crippen LogP contribution is 2.31. The molecular weight excluding hydrogens is 323 g/mol. The van der Waals surface area contributed by atoms with Gasteiger partial charge in [-0.1, -0.05) is 37.5 Å². The zero-order valence-electron chi connectivity index (χ0n) is 13.4. The molecule has 1 aromatic rings. The van der Waals surface area contributed by atoms with Gasteiger partial charge in [0.1, 0.15) is 5.54 Å². The highest BCUT2D eigenvalue weighted by atomic mass is 19.4. The molecule has 1 fully saturated rings. The Morgan fingerprint density at radius 1 is 1.21 bits per heavy atom. The molecule has 2 rings (SSSR count). The Labute approximate surface area is 138 Å². The fourth-order valence-corrected chi connectivity index (χ4v) is 3.08. The van der Waals surface area contributed by atoms with E-state index in [0.717, 1.165) is 31.4 Å². The maximum absolute atomic E-state index is 12.7. The average molecular weight is 343 g/mol. The lowest BCUT2D eigenvalue weighted by Crippen LogP contribution is -2.56. The van der Waals surface area contributed by atoms with Crippen LogP contribution in [0.4, 0.5) is 13.2 Å². The number of alkyl halides is 3. The third-order valence-electron chi connectivity index (χ3n) is 4.28. The molecule has 1 aromatic carbocycles. The molecule has 0 radical (unpaired) electrons. The lowest BCUT2D eigenvalue weighted by molar-refractivity contribution is -0.152. The number of hydrogen-bond donors (Lipinski definition) is 1. The summed E-state index contributed by atoms with van der Waals surface area (Å²) in [6, 6.07) is 4.63. The topological polar surface area (TPSA) is 55.4 Å². The number of halogens is 3. The molecule has 0 aromatic heterocycles. The maximum atomic E-state index is 12.7. The molecule has 0 bridgehead atoms. The van der Waals surface area contributed by atoms with Crippen LogP contribution in [0.2, 0.25) is 0 Å². The zero-order chi connectivity index (χ0) is 17.8. The first-order valence-corrected chi connectivity index (χ1v) is 7.82. The first kappa shape index (κ1) is 18.3. The Morgan fingerprint density at radius 2 is 1.88 bits per heavy atom. The Kier molecular flexibility index (Phi) is 5.51. The monoisotopic (exact) mass is 343 g/mol. The Morgan fingerprint density at radius 3 is 2.46 bits per heavy atom. The summed E-state index contributed by atoms with van der Waals surface area (Å²) in [5.74, 6) is -0.985. The van der Waals surface area contributed by atoms with Crippen LogP contribution >= 0.6 is 0 Å². The Bertz CT molecular complexity index is 607. The summed E-state index contributed by atoms with van der Waals surface area (Å²) in [6.07, 6.45) is -1.16. The minimum atomic E-state index is -4.46. The van der Waals surface area contributed by atoms with Gasteiger partial charge in [-0.25, -0.2) is 4.79 Å². The molecule has 1 saturated carbocycles. The van der Waals surface area contributed by atoms with Crippen LogP contribution in [0.5, 0.6) is 0 Å². The Hall–Kier alpha value is -2.05. The van der Waals surface area contributed by atoms with E-state index in [1.54, 1.807) is 0 Å². The molecule has 24 heavy (non-hydrogen) atoms. The minimum absolute atomic E-state index is 0.220. The molecule has 1 amide bonds. The van der Waals surface area contributed by atoms with Gasteiger partial charge < -0.3 is 10.1 Å². The molecule has 0 atom stereocenters. The molecule has 0 saturated heterocycles. The van der Waals surface area contributed by atoms with E-state index in [2.05, 4.69) is 5.32 Å². The normalized spacial score (nSPS) is 17.2. The van der Waals surface area contributed by atoms with Gasteiger partial charge in [0.15, 0.2) is 0 Å². The fourth-order valence-electron chi connectivity index (χ4n) is 3.08. The minimum Gasteiger partial charge on any atom is -0.467 e. The maximum Gasteiger partial charge on any atom is 0.416 e. The van der Waals surface area contributed by atoms with Crippen molar-refractivity contribution in [3.63, 3.8) is 0 Å². The molecule has 0 aliphatic heterocycles. The molecule has 7 heteroatoms. The van der Waals surface area contributed by atoms with Gasteiger partial charge in [-0.15, -0.1) is 0 Å². The van der Waals surface area contributed by atoms with Crippen molar-refractivity contribution in [2.24, 2.45) is 0 Å². The quantitative estimate of drug-likeness (QED) is 0.854. The molecule has 132 valence electrons. The molecule has 0 heterocycles. The van der Waals surface area contributed by atoms with E-state index in [4.69, 9.17) is 4.74 Å². The average Bonchev–Trinajstić information content (AvgIpc) is 2.54. The number of ether oxygens (including phenoxy) is 1. The largest absolute Gasteiger partial charge is 0.467 e.